The molecule has 0 N–H and O–H groups in total. The van der Waals surface area contributed by atoms with Gasteiger partial charge in [-0.25, -0.2) is 0 Å². The van der Waals surface area contributed by atoms with Gasteiger partial charge in [0, 0.05) is 23.7 Å². The standard InChI is InChI=1S/C13H16N4/c1-10(6-14)3-12(8-16)5-13(9-17)4-11(2)7-15/h10-13H,3-5H2,1-2H3/t10-,11?,12?,13?/m1/s1. The smallest absolute Gasteiger partial charge is 0.0656 e. The van der Waals surface area contributed by atoms with Crippen molar-refractivity contribution < 1.29 is 0 Å². The van der Waals surface area contributed by atoms with Gasteiger partial charge in [0.05, 0.1) is 24.3 Å². The van der Waals surface area contributed by atoms with Crippen molar-refractivity contribution in [3.63, 3.8) is 0 Å². The highest BCUT2D eigenvalue weighted by Gasteiger charge is 2.20. The molecule has 0 aromatic carbocycles. The average Bonchev–Trinajstić information content (AvgIpc) is 2.36. The highest BCUT2D eigenvalue weighted by atomic mass is 14.3. The molecule has 0 saturated heterocycles. The van der Waals surface area contributed by atoms with Crippen LogP contribution < -0.4 is 0 Å². The second-order valence-electron chi connectivity index (χ2n) is 4.42. The Kier molecular flexibility index (Phi) is 7.17. The van der Waals surface area contributed by atoms with Crippen molar-refractivity contribution in [1.82, 2.24) is 0 Å². The van der Waals surface area contributed by atoms with E-state index in [1.165, 1.54) is 0 Å². The van der Waals surface area contributed by atoms with Crippen LogP contribution in [0.5, 0.6) is 0 Å². The largest absolute Gasteiger partial charge is 0.198 e. The Balaban J connectivity index is 4.36. The Hall–Kier alpha value is -2.04. The lowest BCUT2D eigenvalue weighted by Gasteiger charge is -2.15. The third-order valence-electron chi connectivity index (χ3n) is 2.65. The van der Waals surface area contributed by atoms with E-state index in [2.05, 4.69) is 24.3 Å². The molecule has 0 fully saturated rings. The zero-order valence-electron chi connectivity index (χ0n) is 10.2. The zero-order valence-corrected chi connectivity index (χ0v) is 10.2. The molecule has 4 nitrogen and oxygen atoms in total. The van der Waals surface area contributed by atoms with Crippen molar-refractivity contribution in [3.8, 4) is 24.3 Å². The molecule has 0 aliphatic heterocycles. The van der Waals surface area contributed by atoms with E-state index in [1.54, 1.807) is 13.8 Å². The maximum Gasteiger partial charge on any atom is 0.0656 e. The molecule has 0 heterocycles. The van der Waals surface area contributed by atoms with Crippen molar-refractivity contribution in [2.45, 2.75) is 33.1 Å². The third-order valence-corrected chi connectivity index (χ3v) is 2.65. The number of hydrogen-bond acceptors (Lipinski definition) is 4. The van der Waals surface area contributed by atoms with Crippen LogP contribution in [-0.4, -0.2) is 0 Å². The summed E-state index contributed by atoms with van der Waals surface area (Å²) in [5.41, 5.74) is 0. The fourth-order valence-corrected chi connectivity index (χ4v) is 1.71. The molecular weight excluding hydrogens is 212 g/mol. The molecule has 0 aromatic heterocycles. The minimum Gasteiger partial charge on any atom is -0.198 e. The van der Waals surface area contributed by atoms with Gasteiger partial charge in [0.25, 0.3) is 0 Å². The van der Waals surface area contributed by atoms with E-state index in [0.29, 0.717) is 19.3 Å². The van der Waals surface area contributed by atoms with Gasteiger partial charge in [-0.2, -0.15) is 21.0 Å². The SMILES string of the molecule is CC(C#N)CC(C#N)CC(C#N)C[C@@H](C)C#N. The Morgan fingerprint density at radius 3 is 1.24 bits per heavy atom. The van der Waals surface area contributed by atoms with Crippen LogP contribution >= 0.6 is 0 Å². The van der Waals surface area contributed by atoms with Crippen LogP contribution in [-0.2, 0) is 0 Å². The number of hydrogen-bond donors (Lipinski definition) is 0. The summed E-state index contributed by atoms with van der Waals surface area (Å²) in [4.78, 5) is 0. The summed E-state index contributed by atoms with van der Waals surface area (Å²) in [6.45, 7) is 3.53. The van der Waals surface area contributed by atoms with Crippen molar-refractivity contribution in [2.75, 3.05) is 0 Å². The summed E-state index contributed by atoms with van der Waals surface area (Å²) in [5, 5.41) is 35.3. The van der Waals surface area contributed by atoms with Crippen LogP contribution in [0.1, 0.15) is 33.1 Å². The Morgan fingerprint density at radius 2 is 1.00 bits per heavy atom. The van der Waals surface area contributed by atoms with E-state index in [0.717, 1.165) is 0 Å². The van der Waals surface area contributed by atoms with E-state index >= 15 is 0 Å². The molecule has 0 aliphatic carbocycles. The number of nitriles is 4. The van der Waals surface area contributed by atoms with Crippen LogP contribution in [0.25, 0.3) is 0 Å². The van der Waals surface area contributed by atoms with E-state index < -0.39 is 0 Å². The Morgan fingerprint density at radius 1 is 0.647 bits per heavy atom. The Labute approximate surface area is 103 Å². The first-order chi connectivity index (χ1) is 8.07. The first-order valence-corrected chi connectivity index (χ1v) is 5.65. The van der Waals surface area contributed by atoms with Crippen LogP contribution in [0, 0.1) is 69.0 Å². The molecule has 3 unspecified atom stereocenters. The van der Waals surface area contributed by atoms with Crippen LogP contribution in [0.2, 0.25) is 0 Å². The summed E-state index contributed by atoms with van der Waals surface area (Å²) < 4.78 is 0. The predicted molar refractivity (Wildman–Crippen MR) is 61.6 cm³/mol. The molecule has 88 valence electrons. The number of nitrogens with zero attached hydrogens (tertiary/aromatic N) is 4. The summed E-state index contributed by atoms with van der Waals surface area (Å²) in [6, 6.07) is 8.45. The molecule has 0 aromatic rings. The second-order valence-corrected chi connectivity index (χ2v) is 4.42. The van der Waals surface area contributed by atoms with E-state index in [9.17, 15) is 0 Å². The van der Waals surface area contributed by atoms with Gasteiger partial charge in [-0.1, -0.05) is 0 Å². The molecule has 0 amide bonds. The molecule has 0 rings (SSSR count). The summed E-state index contributed by atoms with van der Waals surface area (Å²) in [7, 11) is 0. The second kappa shape index (κ2) is 8.15. The monoisotopic (exact) mass is 228 g/mol. The molecule has 0 radical (unpaired) electrons. The van der Waals surface area contributed by atoms with Gasteiger partial charge in [-0.05, 0) is 33.1 Å². The molecule has 0 saturated carbocycles. The highest BCUT2D eigenvalue weighted by Crippen LogP contribution is 2.23. The lowest BCUT2D eigenvalue weighted by Crippen LogP contribution is -2.11. The average molecular weight is 228 g/mol. The first kappa shape index (κ1) is 15.0. The molecule has 4 heteroatoms. The lowest BCUT2D eigenvalue weighted by atomic mass is 9.85. The van der Waals surface area contributed by atoms with Crippen molar-refractivity contribution >= 4 is 0 Å². The maximum atomic E-state index is 8.97. The van der Waals surface area contributed by atoms with Gasteiger partial charge in [0.2, 0.25) is 0 Å². The van der Waals surface area contributed by atoms with Gasteiger partial charge in [-0.3, -0.25) is 0 Å². The van der Waals surface area contributed by atoms with Gasteiger partial charge in [0.1, 0.15) is 0 Å². The summed E-state index contributed by atoms with van der Waals surface area (Å²) in [6.07, 6.45) is 1.43. The minimum atomic E-state index is -0.278. The lowest BCUT2D eigenvalue weighted by molar-refractivity contribution is 0.403. The topological polar surface area (TPSA) is 95.2 Å². The summed E-state index contributed by atoms with van der Waals surface area (Å²) >= 11 is 0. The van der Waals surface area contributed by atoms with E-state index in [1.807, 2.05) is 0 Å². The minimum absolute atomic E-state index is 0.174. The molecular formula is C13H16N4. The van der Waals surface area contributed by atoms with Gasteiger partial charge in [-0.15, -0.1) is 0 Å². The van der Waals surface area contributed by atoms with Gasteiger partial charge in [0.15, 0.2) is 0 Å². The fourth-order valence-electron chi connectivity index (χ4n) is 1.71. The van der Waals surface area contributed by atoms with Crippen molar-refractivity contribution in [3.05, 3.63) is 0 Å². The first-order valence-electron chi connectivity index (χ1n) is 5.65. The van der Waals surface area contributed by atoms with Crippen LogP contribution in [0.15, 0.2) is 0 Å². The van der Waals surface area contributed by atoms with Crippen LogP contribution in [0.4, 0.5) is 0 Å². The van der Waals surface area contributed by atoms with Crippen molar-refractivity contribution in [2.24, 2.45) is 23.7 Å². The third kappa shape index (κ3) is 6.19. The van der Waals surface area contributed by atoms with E-state index in [4.69, 9.17) is 21.0 Å². The summed E-state index contributed by atoms with van der Waals surface area (Å²) in [5.74, 6) is -0.903. The maximum absolute atomic E-state index is 8.97. The molecule has 0 spiro atoms. The molecule has 0 aliphatic rings. The molecule has 4 atom stereocenters. The molecule has 17 heavy (non-hydrogen) atoms. The van der Waals surface area contributed by atoms with Gasteiger partial charge < -0.3 is 0 Å². The predicted octanol–water partition coefficient (Wildman–Crippen LogP) is 2.76. The van der Waals surface area contributed by atoms with Crippen molar-refractivity contribution in [1.29, 1.82) is 21.0 Å². The number of rotatable bonds is 6. The quantitative estimate of drug-likeness (QED) is 0.698. The van der Waals surface area contributed by atoms with Crippen LogP contribution in [0.3, 0.4) is 0 Å². The zero-order chi connectivity index (χ0) is 13.3. The van der Waals surface area contributed by atoms with Gasteiger partial charge >= 0.3 is 0 Å². The van der Waals surface area contributed by atoms with E-state index in [-0.39, 0.29) is 23.7 Å². The fraction of sp³-hybridized carbons (Fsp3) is 0.692. The highest BCUT2D eigenvalue weighted by molar-refractivity contribution is 4.96. The molecule has 0 bridgehead atoms. The Bertz CT molecular complexity index is 350. The normalized spacial score (nSPS) is 16.4.